The maximum Gasteiger partial charge on any atom is 0.273 e. The second-order valence-corrected chi connectivity index (χ2v) is 7.22. The summed E-state index contributed by atoms with van der Waals surface area (Å²) in [5.74, 6) is 1.75. The fraction of sp³-hybridized carbons (Fsp3) is 0.706. The highest BCUT2D eigenvalue weighted by atomic mass is 16.5. The van der Waals surface area contributed by atoms with Gasteiger partial charge in [0.1, 0.15) is 0 Å². The van der Waals surface area contributed by atoms with E-state index >= 15 is 0 Å². The van der Waals surface area contributed by atoms with Crippen LogP contribution in [0.1, 0.15) is 55.8 Å². The van der Waals surface area contributed by atoms with Gasteiger partial charge in [-0.15, -0.1) is 0 Å². The molecule has 2 aliphatic rings. The molecule has 0 unspecified atom stereocenters. The Morgan fingerprint density at radius 1 is 1.35 bits per heavy atom. The second-order valence-electron chi connectivity index (χ2n) is 7.22. The molecule has 0 aliphatic heterocycles. The third-order valence-electron chi connectivity index (χ3n) is 4.21. The quantitative estimate of drug-likeness (QED) is 0.797. The third kappa shape index (κ3) is 4.56. The van der Waals surface area contributed by atoms with Gasteiger partial charge in [0, 0.05) is 25.1 Å². The number of hydrogen-bond donors (Lipinski definition) is 1. The first-order valence-electron chi connectivity index (χ1n) is 8.55. The maximum absolute atomic E-state index is 12.4. The van der Waals surface area contributed by atoms with Gasteiger partial charge in [0.15, 0.2) is 11.5 Å². The van der Waals surface area contributed by atoms with Crippen LogP contribution in [-0.2, 0) is 11.3 Å². The molecule has 1 N–H and O–H groups in total. The summed E-state index contributed by atoms with van der Waals surface area (Å²) in [5, 5.41) is 6.71. The van der Waals surface area contributed by atoms with Crippen molar-refractivity contribution in [2.45, 2.75) is 46.1 Å². The second kappa shape index (κ2) is 6.72. The average Bonchev–Trinajstić information content (AvgIpc) is 3.42. The molecule has 1 aromatic heterocycles. The molecule has 6 heteroatoms. The fourth-order valence-corrected chi connectivity index (χ4v) is 2.59. The number of nitrogens with one attached hydrogen (secondary N) is 1. The Bertz CT molecular complexity index is 573. The van der Waals surface area contributed by atoms with E-state index in [1.54, 1.807) is 6.07 Å². The van der Waals surface area contributed by atoms with Crippen LogP contribution >= 0.6 is 0 Å². The number of aromatic nitrogens is 1. The minimum absolute atomic E-state index is 0.179. The minimum Gasteiger partial charge on any atom is -0.359 e. The molecule has 1 heterocycles. The summed E-state index contributed by atoms with van der Waals surface area (Å²) < 4.78 is 5.27. The number of hydrogen-bond acceptors (Lipinski definition) is 4. The molecule has 0 aromatic carbocycles. The molecular formula is C17H25N3O3. The number of amides is 2. The Balaban J connectivity index is 1.58. The molecule has 2 aliphatic carbocycles. The zero-order valence-corrected chi connectivity index (χ0v) is 13.9. The molecule has 0 atom stereocenters. The lowest BCUT2D eigenvalue weighted by Gasteiger charge is -2.23. The van der Waals surface area contributed by atoms with Gasteiger partial charge >= 0.3 is 0 Å². The van der Waals surface area contributed by atoms with Crippen molar-refractivity contribution in [3.05, 3.63) is 17.5 Å². The lowest BCUT2D eigenvalue weighted by molar-refractivity contribution is -0.134. The van der Waals surface area contributed by atoms with Gasteiger partial charge in [-0.05, 0) is 37.5 Å². The van der Waals surface area contributed by atoms with E-state index in [0.29, 0.717) is 42.9 Å². The molecule has 0 bridgehead atoms. The minimum atomic E-state index is -0.198. The van der Waals surface area contributed by atoms with Gasteiger partial charge in [0.05, 0.1) is 6.54 Å². The molecule has 0 radical (unpaired) electrons. The first-order chi connectivity index (χ1) is 11.0. The predicted octanol–water partition coefficient (Wildman–Crippen LogP) is 2.21. The van der Waals surface area contributed by atoms with E-state index in [9.17, 15) is 9.59 Å². The fourth-order valence-electron chi connectivity index (χ4n) is 2.59. The van der Waals surface area contributed by atoms with Gasteiger partial charge in [-0.2, -0.15) is 0 Å². The molecule has 0 saturated heterocycles. The van der Waals surface area contributed by atoms with Crippen molar-refractivity contribution < 1.29 is 14.1 Å². The molecule has 23 heavy (non-hydrogen) atoms. The van der Waals surface area contributed by atoms with Crippen LogP contribution in [0, 0.1) is 17.8 Å². The smallest absolute Gasteiger partial charge is 0.273 e. The molecule has 2 fully saturated rings. The van der Waals surface area contributed by atoms with E-state index in [4.69, 9.17) is 4.52 Å². The van der Waals surface area contributed by atoms with Crippen LogP contribution < -0.4 is 5.32 Å². The largest absolute Gasteiger partial charge is 0.359 e. The van der Waals surface area contributed by atoms with Gasteiger partial charge in [-0.3, -0.25) is 9.59 Å². The maximum atomic E-state index is 12.4. The highest BCUT2D eigenvalue weighted by molar-refractivity contribution is 5.92. The van der Waals surface area contributed by atoms with Crippen LogP contribution in [0.15, 0.2) is 10.6 Å². The molecule has 3 rings (SSSR count). The summed E-state index contributed by atoms with van der Waals surface area (Å²) in [5.41, 5.74) is 0.295. The summed E-state index contributed by atoms with van der Waals surface area (Å²) in [4.78, 5) is 26.2. The van der Waals surface area contributed by atoms with E-state index in [2.05, 4.69) is 24.3 Å². The Kier molecular flexibility index (Phi) is 4.68. The van der Waals surface area contributed by atoms with Crippen LogP contribution in [0.4, 0.5) is 0 Å². The van der Waals surface area contributed by atoms with E-state index < -0.39 is 0 Å². The van der Waals surface area contributed by atoms with Gasteiger partial charge in [0.25, 0.3) is 5.91 Å². The summed E-state index contributed by atoms with van der Waals surface area (Å²) in [7, 11) is 0. The van der Waals surface area contributed by atoms with Crippen molar-refractivity contribution in [1.82, 2.24) is 15.4 Å². The molecule has 126 valence electrons. The van der Waals surface area contributed by atoms with E-state index in [1.165, 1.54) is 12.8 Å². The SMILES string of the molecule is CC(C)CN(Cc1cc(C(=O)NCC2CC2)no1)C(=O)C1CC1. The van der Waals surface area contributed by atoms with Crippen molar-refractivity contribution in [2.75, 3.05) is 13.1 Å². The lowest BCUT2D eigenvalue weighted by Crippen LogP contribution is -2.34. The lowest BCUT2D eigenvalue weighted by atomic mass is 10.2. The topological polar surface area (TPSA) is 75.4 Å². The normalized spacial score (nSPS) is 17.3. The molecule has 0 spiro atoms. The standard InChI is InChI=1S/C17H25N3O3/c1-11(2)9-20(17(22)13-5-6-13)10-14-7-15(19-23-14)16(21)18-8-12-3-4-12/h7,11-13H,3-6,8-10H2,1-2H3,(H,18,21). The molecule has 1 aromatic rings. The Labute approximate surface area is 136 Å². The van der Waals surface area contributed by atoms with Crippen molar-refractivity contribution in [1.29, 1.82) is 0 Å². The van der Waals surface area contributed by atoms with Crippen molar-refractivity contribution in [3.63, 3.8) is 0 Å². The average molecular weight is 319 g/mol. The highest BCUT2D eigenvalue weighted by Crippen LogP contribution is 2.32. The monoisotopic (exact) mass is 319 g/mol. The molecule has 2 amide bonds. The Morgan fingerprint density at radius 2 is 2.09 bits per heavy atom. The summed E-state index contributed by atoms with van der Waals surface area (Å²) in [6.07, 6.45) is 4.35. The van der Waals surface area contributed by atoms with E-state index in [1.807, 2.05) is 4.90 Å². The van der Waals surface area contributed by atoms with Crippen molar-refractivity contribution in [3.8, 4) is 0 Å². The summed E-state index contributed by atoms with van der Waals surface area (Å²) >= 11 is 0. The third-order valence-corrected chi connectivity index (χ3v) is 4.21. The zero-order chi connectivity index (χ0) is 16.4. The first-order valence-corrected chi connectivity index (χ1v) is 8.55. The zero-order valence-electron chi connectivity index (χ0n) is 13.9. The van der Waals surface area contributed by atoms with Gasteiger partial charge < -0.3 is 14.7 Å². The van der Waals surface area contributed by atoms with Crippen LogP contribution in [-0.4, -0.2) is 35.0 Å². The van der Waals surface area contributed by atoms with Gasteiger partial charge in [-0.1, -0.05) is 19.0 Å². The van der Waals surface area contributed by atoms with Crippen LogP contribution in [0.3, 0.4) is 0 Å². The first kappa shape index (κ1) is 16.0. The molecule has 6 nitrogen and oxygen atoms in total. The van der Waals surface area contributed by atoms with Crippen molar-refractivity contribution >= 4 is 11.8 Å². The molecule has 2 saturated carbocycles. The molecular weight excluding hydrogens is 294 g/mol. The number of rotatable bonds is 8. The Morgan fingerprint density at radius 3 is 2.70 bits per heavy atom. The summed E-state index contributed by atoms with van der Waals surface area (Å²) in [6, 6.07) is 1.65. The van der Waals surface area contributed by atoms with Gasteiger partial charge in [0.2, 0.25) is 5.91 Å². The Hall–Kier alpha value is -1.85. The number of nitrogens with zero attached hydrogens (tertiary/aromatic N) is 2. The predicted molar refractivity (Wildman–Crippen MR) is 84.5 cm³/mol. The summed E-state index contributed by atoms with van der Waals surface area (Å²) in [6.45, 7) is 5.96. The van der Waals surface area contributed by atoms with Crippen LogP contribution in [0.25, 0.3) is 0 Å². The van der Waals surface area contributed by atoms with Crippen LogP contribution in [0.2, 0.25) is 0 Å². The van der Waals surface area contributed by atoms with E-state index in [0.717, 1.165) is 12.8 Å². The highest BCUT2D eigenvalue weighted by Gasteiger charge is 2.34. The number of carbonyl (C=O) groups excluding carboxylic acids is 2. The van der Waals surface area contributed by atoms with E-state index in [-0.39, 0.29) is 17.7 Å². The van der Waals surface area contributed by atoms with Gasteiger partial charge in [-0.25, -0.2) is 0 Å². The van der Waals surface area contributed by atoms with Crippen LogP contribution in [0.5, 0.6) is 0 Å². The van der Waals surface area contributed by atoms with Crippen molar-refractivity contribution in [2.24, 2.45) is 17.8 Å². The number of carbonyl (C=O) groups is 2.